The standard InChI is InChI=1S/C14H23NO2/c1-5-8-11-10(4)15-13(12(11)9-6-2)14(16)17-7-3/h15H,5-9H2,1-4H3. The highest BCUT2D eigenvalue weighted by molar-refractivity contribution is 5.90. The van der Waals surface area contributed by atoms with Gasteiger partial charge in [-0.2, -0.15) is 0 Å². The summed E-state index contributed by atoms with van der Waals surface area (Å²) in [6.45, 7) is 8.58. The normalized spacial score (nSPS) is 10.6. The lowest BCUT2D eigenvalue weighted by Crippen LogP contribution is -2.08. The molecule has 96 valence electrons. The van der Waals surface area contributed by atoms with Crippen LogP contribution in [-0.2, 0) is 17.6 Å². The first-order chi connectivity index (χ1) is 8.15. The van der Waals surface area contributed by atoms with Crippen LogP contribution in [0.2, 0.25) is 0 Å². The summed E-state index contributed by atoms with van der Waals surface area (Å²) in [6, 6.07) is 0. The van der Waals surface area contributed by atoms with Crippen LogP contribution in [0, 0.1) is 6.92 Å². The molecule has 0 saturated heterocycles. The fourth-order valence-electron chi connectivity index (χ4n) is 2.21. The van der Waals surface area contributed by atoms with Crippen molar-refractivity contribution in [1.29, 1.82) is 0 Å². The summed E-state index contributed by atoms with van der Waals surface area (Å²) in [4.78, 5) is 15.0. The van der Waals surface area contributed by atoms with Crippen LogP contribution in [0.3, 0.4) is 0 Å². The van der Waals surface area contributed by atoms with Crippen molar-refractivity contribution in [2.75, 3.05) is 6.61 Å². The maximum atomic E-state index is 11.9. The van der Waals surface area contributed by atoms with Crippen molar-refractivity contribution in [2.45, 2.75) is 53.4 Å². The number of rotatable bonds is 6. The number of carbonyl (C=O) groups is 1. The van der Waals surface area contributed by atoms with Gasteiger partial charge in [0.05, 0.1) is 6.61 Å². The molecule has 1 rings (SSSR count). The molecule has 0 aromatic carbocycles. The van der Waals surface area contributed by atoms with Crippen molar-refractivity contribution >= 4 is 5.97 Å². The molecule has 0 saturated carbocycles. The third kappa shape index (κ3) is 3.11. The predicted octanol–water partition coefficient (Wildman–Crippen LogP) is 3.40. The highest BCUT2D eigenvalue weighted by Gasteiger charge is 2.19. The molecule has 3 heteroatoms. The van der Waals surface area contributed by atoms with Crippen LogP contribution < -0.4 is 0 Å². The number of nitrogens with one attached hydrogen (secondary N) is 1. The Morgan fingerprint density at radius 3 is 2.24 bits per heavy atom. The first-order valence-electron chi connectivity index (χ1n) is 6.53. The Hall–Kier alpha value is -1.25. The third-order valence-electron chi connectivity index (χ3n) is 2.91. The molecule has 0 spiro atoms. The average molecular weight is 237 g/mol. The molecule has 1 N–H and O–H groups in total. The van der Waals surface area contributed by atoms with E-state index in [-0.39, 0.29) is 5.97 Å². The molecule has 17 heavy (non-hydrogen) atoms. The van der Waals surface area contributed by atoms with Gasteiger partial charge in [-0.25, -0.2) is 4.79 Å². The summed E-state index contributed by atoms with van der Waals surface area (Å²) in [6.07, 6.45) is 4.10. The van der Waals surface area contributed by atoms with E-state index in [1.165, 1.54) is 5.56 Å². The number of aromatic amines is 1. The van der Waals surface area contributed by atoms with Gasteiger partial charge in [0, 0.05) is 5.69 Å². The number of hydrogen-bond acceptors (Lipinski definition) is 2. The summed E-state index contributed by atoms with van der Waals surface area (Å²) in [5.74, 6) is -0.221. The molecule has 0 aliphatic rings. The Balaban J connectivity index is 3.11. The van der Waals surface area contributed by atoms with Crippen LogP contribution in [0.25, 0.3) is 0 Å². The van der Waals surface area contributed by atoms with Crippen molar-refractivity contribution in [3.8, 4) is 0 Å². The molecule has 0 fully saturated rings. The molecular weight excluding hydrogens is 214 g/mol. The second-order valence-electron chi connectivity index (χ2n) is 4.30. The lowest BCUT2D eigenvalue weighted by molar-refractivity contribution is 0.0519. The van der Waals surface area contributed by atoms with Crippen molar-refractivity contribution < 1.29 is 9.53 Å². The topological polar surface area (TPSA) is 42.1 Å². The zero-order valence-corrected chi connectivity index (χ0v) is 11.4. The van der Waals surface area contributed by atoms with Gasteiger partial charge in [0.15, 0.2) is 0 Å². The number of aryl methyl sites for hydroxylation is 1. The largest absolute Gasteiger partial charge is 0.461 e. The molecule has 0 unspecified atom stereocenters. The maximum Gasteiger partial charge on any atom is 0.355 e. The van der Waals surface area contributed by atoms with Crippen molar-refractivity contribution in [1.82, 2.24) is 4.98 Å². The Bertz CT molecular complexity index is 380. The second kappa shape index (κ2) is 6.48. The van der Waals surface area contributed by atoms with Crippen LogP contribution in [0.4, 0.5) is 0 Å². The predicted molar refractivity (Wildman–Crippen MR) is 69.5 cm³/mol. The molecular formula is C14H23NO2. The Kier molecular flexibility index (Phi) is 5.26. The molecule has 1 aromatic rings. The zero-order valence-electron chi connectivity index (χ0n) is 11.4. The fraction of sp³-hybridized carbons (Fsp3) is 0.643. The SMILES string of the molecule is CCCc1c(C)[nH]c(C(=O)OCC)c1CCC. The smallest absolute Gasteiger partial charge is 0.355 e. The molecule has 0 atom stereocenters. The van der Waals surface area contributed by atoms with Crippen LogP contribution in [0.15, 0.2) is 0 Å². The molecule has 3 nitrogen and oxygen atoms in total. The van der Waals surface area contributed by atoms with Gasteiger partial charge in [0.2, 0.25) is 0 Å². The van der Waals surface area contributed by atoms with Gasteiger partial charge < -0.3 is 9.72 Å². The van der Waals surface area contributed by atoms with E-state index >= 15 is 0 Å². The Labute approximate surface area is 104 Å². The number of esters is 1. The number of aromatic nitrogens is 1. The lowest BCUT2D eigenvalue weighted by atomic mass is 10.0. The summed E-state index contributed by atoms with van der Waals surface area (Å²) < 4.78 is 5.09. The average Bonchev–Trinajstić information content (AvgIpc) is 2.59. The van der Waals surface area contributed by atoms with Crippen molar-refractivity contribution in [3.63, 3.8) is 0 Å². The van der Waals surface area contributed by atoms with Gasteiger partial charge in [0.1, 0.15) is 5.69 Å². The highest BCUT2D eigenvalue weighted by atomic mass is 16.5. The van der Waals surface area contributed by atoms with Crippen molar-refractivity contribution in [3.05, 3.63) is 22.5 Å². The first kappa shape index (κ1) is 13.8. The number of ether oxygens (including phenoxy) is 1. The van der Waals surface area contributed by atoms with E-state index in [4.69, 9.17) is 4.74 Å². The van der Waals surface area contributed by atoms with Crippen LogP contribution in [-0.4, -0.2) is 17.6 Å². The van der Waals surface area contributed by atoms with E-state index in [2.05, 4.69) is 18.8 Å². The quantitative estimate of drug-likeness (QED) is 0.770. The van der Waals surface area contributed by atoms with Gasteiger partial charge in [-0.3, -0.25) is 0 Å². The van der Waals surface area contributed by atoms with Crippen LogP contribution >= 0.6 is 0 Å². The second-order valence-corrected chi connectivity index (χ2v) is 4.30. The molecule has 0 bridgehead atoms. The minimum absolute atomic E-state index is 0.221. The Morgan fingerprint density at radius 2 is 1.71 bits per heavy atom. The van der Waals surface area contributed by atoms with E-state index in [0.29, 0.717) is 12.3 Å². The molecule has 1 aromatic heterocycles. The van der Waals surface area contributed by atoms with Crippen LogP contribution in [0.5, 0.6) is 0 Å². The zero-order chi connectivity index (χ0) is 12.8. The number of carbonyl (C=O) groups excluding carboxylic acids is 1. The monoisotopic (exact) mass is 237 g/mol. The molecule has 1 heterocycles. The van der Waals surface area contributed by atoms with Gasteiger partial charge >= 0.3 is 5.97 Å². The summed E-state index contributed by atoms with van der Waals surface area (Å²) >= 11 is 0. The minimum atomic E-state index is -0.221. The number of H-pyrrole nitrogens is 1. The fourth-order valence-corrected chi connectivity index (χ4v) is 2.21. The molecule has 0 radical (unpaired) electrons. The van der Waals surface area contributed by atoms with E-state index < -0.39 is 0 Å². The Morgan fingerprint density at radius 1 is 1.12 bits per heavy atom. The highest BCUT2D eigenvalue weighted by Crippen LogP contribution is 2.22. The first-order valence-corrected chi connectivity index (χ1v) is 6.53. The van der Waals surface area contributed by atoms with E-state index in [9.17, 15) is 4.79 Å². The van der Waals surface area contributed by atoms with E-state index in [0.717, 1.165) is 36.9 Å². The molecule has 0 amide bonds. The van der Waals surface area contributed by atoms with Gasteiger partial charge in [0.25, 0.3) is 0 Å². The minimum Gasteiger partial charge on any atom is -0.461 e. The summed E-state index contributed by atoms with van der Waals surface area (Å²) in [5, 5.41) is 0. The maximum absolute atomic E-state index is 11.9. The molecule has 0 aliphatic heterocycles. The lowest BCUT2D eigenvalue weighted by Gasteiger charge is -2.05. The van der Waals surface area contributed by atoms with E-state index in [1.54, 1.807) is 0 Å². The van der Waals surface area contributed by atoms with Crippen molar-refractivity contribution in [2.24, 2.45) is 0 Å². The molecule has 0 aliphatic carbocycles. The summed E-state index contributed by atoms with van der Waals surface area (Å²) in [5.41, 5.74) is 4.23. The van der Waals surface area contributed by atoms with Gasteiger partial charge in [-0.15, -0.1) is 0 Å². The number of hydrogen-bond donors (Lipinski definition) is 1. The summed E-state index contributed by atoms with van der Waals surface area (Å²) in [7, 11) is 0. The van der Waals surface area contributed by atoms with Gasteiger partial charge in [-0.05, 0) is 37.8 Å². The van der Waals surface area contributed by atoms with Gasteiger partial charge in [-0.1, -0.05) is 26.7 Å². The third-order valence-corrected chi connectivity index (χ3v) is 2.91. The van der Waals surface area contributed by atoms with E-state index in [1.807, 2.05) is 13.8 Å². The van der Waals surface area contributed by atoms with Crippen LogP contribution in [0.1, 0.15) is 60.9 Å².